The molecule has 0 aromatic carbocycles. The Morgan fingerprint density at radius 3 is 1.31 bits per heavy atom. The van der Waals surface area contributed by atoms with Crippen molar-refractivity contribution in [2.75, 3.05) is 0 Å². The molecule has 2 saturated carbocycles. The van der Waals surface area contributed by atoms with Gasteiger partial charge in [0.05, 0.1) is 0 Å². The monoisotopic (exact) mass is 921 g/mol. The van der Waals surface area contributed by atoms with E-state index in [1.165, 1.54) is 44.6 Å². The van der Waals surface area contributed by atoms with E-state index in [1.807, 2.05) is 85.9 Å². The van der Waals surface area contributed by atoms with Crippen molar-refractivity contribution in [1.82, 2.24) is 24.4 Å². The molecule has 0 atom stereocenters. The minimum absolute atomic E-state index is 0.0577. The zero-order valence-corrected chi connectivity index (χ0v) is 41.4. The van der Waals surface area contributed by atoms with Gasteiger partial charge in [0.25, 0.3) is 5.91 Å². The highest BCUT2D eigenvalue weighted by Crippen LogP contribution is 2.37. The fourth-order valence-corrected chi connectivity index (χ4v) is 10.4. The van der Waals surface area contributed by atoms with E-state index in [0.29, 0.717) is 52.4 Å². The molecular weight excluding hydrogens is 851 g/mol. The highest BCUT2D eigenvalue weighted by Gasteiger charge is 2.29. The Hall–Kier alpha value is -4.38. The highest BCUT2D eigenvalue weighted by molar-refractivity contribution is 7.89. The van der Waals surface area contributed by atoms with E-state index in [-0.39, 0.29) is 32.2 Å². The topological polar surface area (TPSA) is 222 Å². The lowest BCUT2D eigenvalue weighted by molar-refractivity contribution is 0.0689. The number of carboxylic acids is 1. The van der Waals surface area contributed by atoms with Gasteiger partial charge in [-0.25, -0.2) is 41.9 Å². The first-order valence-corrected chi connectivity index (χ1v) is 25.6. The van der Waals surface area contributed by atoms with Gasteiger partial charge < -0.3 is 19.6 Å². The van der Waals surface area contributed by atoms with Crippen LogP contribution in [0, 0.1) is 25.7 Å². The summed E-state index contributed by atoms with van der Waals surface area (Å²) in [4.78, 5) is 34.0. The molecule has 0 radical (unpaired) electrons. The van der Waals surface area contributed by atoms with E-state index >= 15 is 0 Å². The number of nitrogens with zero attached hydrogens (tertiary/aromatic N) is 4. The number of nitrogens with two attached hydrogens (primary N) is 2. The quantitative estimate of drug-likeness (QED) is 0.119. The zero-order chi connectivity index (χ0) is 47.7. The summed E-state index contributed by atoms with van der Waals surface area (Å²) in [6.07, 6.45) is 11.7. The lowest BCUT2D eigenvalue weighted by Gasteiger charge is -2.25. The summed E-state index contributed by atoms with van der Waals surface area (Å²) in [6, 6.07) is 10.3. The first-order valence-electron chi connectivity index (χ1n) is 22.5. The predicted octanol–water partition coefficient (Wildman–Crippen LogP) is 8.99. The number of hydrogen-bond donors (Lipinski definition) is 4. The van der Waals surface area contributed by atoms with Crippen molar-refractivity contribution in [1.29, 1.82) is 0 Å². The summed E-state index contributed by atoms with van der Waals surface area (Å²) >= 11 is 0. The molecule has 4 aromatic rings. The first kappa shape index (κ1) is 50.6. The van der Waals surface area contributed by atoms with Crippen molar-refractivity contribution in [2.24, 2.45) is 22.1 Å². The van der Waals surface area contributed by atoms with Crippen molar-refractivity contribution in [2.45, 2.75) is 180 Å². The van der Waals surface area contributed by atoms with Crippen LogP contribution in [-0.4, -0.2) is 58.5 Å². The van der Waals surface area contributed by atoms with Crippen LogP contribution in [0.1, 0.15) is 170 Å². The average Bonchev–Trinajstić information content (AvgIpc) is 3.70. The number of nitrogens with one attached hydrogen (secondary N) is 1. The van der Waals surface area contributed by atoms with Gasteiger partial charge in [-0.3, -0.25) is 4.79 Å². The van der Waals surface area contributed by atoms with Crippen LogP contribution >= 0.6 is 0 Å². The molecule has 4 heterocycles. The number of hydrogen-bond acceptors (Lipinski definition) is 8. The van der Waals surface area contributed by atoms with Crippen molar-refractivity contribution in [3.63, 3.8) is 0 Å². The molecule has 0 bridgehead atoms. The van der Waals surface area contributed by atoms with E-state index in [4.69, 9.17) is 10.3 Å². The van der Waals surface area contributed by atoms with Crippen LogP contribution in [0.5, 0.6) is 0 Å². The lowest BCUT2D eigenvalue weighted by atomic mass is 9.88. The van der Waals surface area contributed by atoms with Crippen molar-refractivity contribution >= 4 is 31.9 Å². The number of aromatic carboxylic acids is 1. The Morgan fingerprint density at radius 1 is 0.625 bits per heavy atom. The molecule has 0 aliphatic heterocycles. The predicted molar refractivity (Wildman–Crippen MR) is 252 cm³/mol. The standard InChI is InChI=1S/C26H40N4O3S.C22H31N3O4S/c1-17-22(34(27,32)33)15-21(30(17)16-18-11-9-8-10-12-18)19-13-20(24(31)29-26(5,6)7)28-23(14-19)25(2,3)4;1-14-19(30(23,28)29)12-18(25(14)13-15-8-6-5-7-9-15)16-10-17(21(26)27)24-20(11-16)22(2,3)4/h13-15,18H,8-12,16H2,1-7H3,(H,29,31)(H2,27,32,33);10-12,15H,5-9,13H2,1-4H3,(H,26,27)(H2,23,28,29). The number of rotatable bonds is 10. The number of carbonyl (C=O) groups is 2. The summed E-state index contributed by atoms with van der Waals surface area (Å²) in [5.74, 6) is -0.427. The molecule has 4 aromatic heterocycles. The van der Waals surface area contributed by atoms with Crippen LogP contribution in [-0.2, 0) is 44.0 Å². The van der Waals surface area contributed by atoms with Crippen LogP contribution in [0.2, 0.25) is 0 Å². The Labute approximate surface area is 381 Å². The molecule has 6 rings (SSSR count). The summed E-state index contributed by atoms with van der Waals surface area (Å²) in [5, 5.41) is 23.6. The lowest BCUT2D eigenvalue weighted by Crippen LogP contribution is -2.41. The second kappa shape index (κ2) is 19.2. The van der Waals surface area contributed by atoms with E-state index in [2.05, 4.69) is 19.9 Å². The van der Waals surface area contributed by atoms with Gasteiger partial charge in [-0.1, -0.05) is 80.1 Å². The molecule has 0 saturated heterocycles. The number of amides is 1. The number of sulfonamides is 2. The van der Waals surface area contributed by atoms with Gasteiger partial charge in [0, 0.05) is 74.7 Å². The number of aromatic nitrogens is 4. The summed E-state index contributed by atoms with van der Waals surface area (Å²) < 4.78 is 53.2. The maximum absolute atomic E-state index is 13.1. The molecule has 14 nitrogen and oxygen atoms in total. The second-order valence-corrected chi connectivity index (χ2v) is 24.1. The van der Waals surface area contributed by atoms with Gasteiger partial charge in [-0.2, -0.15) is 0 Å². The van der Waals surface area contributed by atoms with E-state index in [1.54, 1.807) is 25.1 Å². The van der Waals surface area contributed by atoms with E-state index in [0.717, 1.165) is 49.2 Å². The molecule has 64 heavy (non-hydrogen) atoms. The van der Waals surface area contributed by atoms with Crippen LogP contribution < -0.4 is 15.6 Å². The third kappa shape index (κ3) is 12.7. The maximum atomic E-state index is 13.1. The first-order chi connectivity index (χ1) is 29.4. The maximum Gasteiger partial charge on any atom is 0.354 e. The summed E-state index contributed by atoms with van der Waals surface area (Å²) in [7, 11) is -7.79. The molecule has 1 amide bonds. The van der Waals surface area contributed by atoms with Gasteiger partial charge in [0.15, 0.2) is 0 Å². The molecule has 0 spiro atoms. The molecule has 2 aliphatic carbocycles. The van der Waals surface area contributed by atoms with E-state index < -0.39 is 31.6 Å². The number of primary sulfonamides is 2. The van der Waals surface area contributed by atoms with Gasteiger partial charge in [0.1, 0.15) is 21.2 Å². The molecule has 2 aliphatic rings. The van der Waals surface area contributed by atoms with Gasteiger partial charge >= 0.3 is 5.97 Å². The number of carbonyl (C=O) groups excluding carboxylic acids is 1. The third-order valence-electron chi connectivity index (χ3n) is 12.3. The normalized spacial score (nSPS) is 16.0. The van der Waals surface area contributed by atoms with Crippen LogP contribution in [0.15, 0.2) is 46.2 Å². The highest BCUT2D eigenvalue weighted by atomic mass is 32.2. The largest absolute Gasteiger partial charge is 0.477 e. The Morgan fingerprint density at radius 2 is 0.984 bits per heavy atom. The van der Waals surface area contributed by atoms with Crippen LogP contribution in [0.25, 0.3) is 22.5 Å². The Kier molecular flexibility index (Phi) is 15.2. The fourth-order valence-electron chi connectivity index (χ4n) is 8.78. The van der Waals surface area contributed by atoms with Crippen molar-refractivity contribution in [3.8, 4) is 22.5 Å². The van der Waals surface area contributed by atoms with Crippen molar-refractivity contribution in [3.05, 3.63) is 70.6 Å². The van der Waals surface area contributed by atoms with Crippen LogP contribution in [0.3, 0.4) is 0 Å². The molecule has 2 fully saturated rings. The molecule has 16 heteroatoms. The van der Waals surface area contributed by atoms with Gasteiger partial charge in [-0.05, 0) is 109 Å². The second-order valence-electron chi connectivity index (χ2n) is 21.0. The van der Waals surface area contributed by atoms with Crippen molar-refractivity contribution < 1.29 is 31.5 Å². The zero-order valence-electron chi connectivity index (χ0n) is 39.8. The smallest absolute Gasteiger partial charge is 0.354 e. The van der Waals surface area contributed by atoms with E-state index in [9.17, 15) is 31.5 Å². The number of carboxylic acid groups (broad SMARTS) is 1. The minimum Gasteiger partial charge on any atom is -0.477 e. The van der Waals surface area contributed by atoms with Crippen LogP contribution in [0.4, 0.5) is 0 Å². The minimum atomic E-state index is -3.90. The Balaban J connectivity index is 0.000000243. The third-order valence-corrected chi connectivity index (χ3v) is 14.4. The summed E-state index contributed by atoms with van der Waals surface area (Å²) in [6.45, 7) is 22.8. The Bertz CT molecular complexity index is 2580. The fraction of sp³-hybridized carbons (Fsp3) is 0.583. The summed E-state index contributed by atoms with van der Waals surface area (Å²) in [5.41, 5.74) is 4.65. The SMILES string of the molecule is Cc1c(S(N)(=O)=O)cc(-c2cc(C(=O)NC(C)(C)C)nc(C(C)(C)C)c2)n1CC1CCCCC1.Cc1c(S(N)(=O)=O)cc(-c2cc(C(=O)O)nc(C(C)(C)C)c2)n1CC1CCCCC1. The molecule has 352 valence electrons. The molecular formula is C48H71N7O7S2. The number of pyridine rings is 2. The molecule has 6 N–H and O–H groups in total. The van der Waals surface area contributed by atoms with Gasteiger partial charge in [0.2, 0.25) is 20.0 Å². The molecule has 0 unspecified atom stereocenters. The average molecular weight is 922 g/mol. The van der Waals surface area contributed by atoms with Gasteiger partial charge in [-0.15, -0.1) is 0 Å².